The average Bonchev–Trinajstić information content (AvgIpc) is 2.87. The van der Waals surface area contributed by atoms with Gasteiger partial charge in [-0.1, -0.05) is 31.0 Å². The molecule has 1 aromatic carbocycles. The fraction of sp³-hybridized carbons (Fsp3) is 0.474. The molecule has 2 aliphatic rings. The number of likely N-dealkylation sites (tertiary alicyclic amines) is 1. The Bertz CT molecular complexity index is 636. The van der Waals surface area contributed by atoms with Crippen LogP contribution in [0.5, 0.6) is 0 Å². The number of nitriles is 1. The maximum Gasteiger partial charge on any atom is 0.270 e. The van der Waals surface area contributed by atoms with Gasteiger partial charge in [-0.05, 0) is 37.3 Å². The van der Waals surface area contributed by atoms with Crippen molar-refractivity contribution in [1.82, 2.24) is 4.90 Å². The molecule has 4 heteroatoms. The van der Waals surface area contributed by atoms with Crippen LogP contribution in [0.2, 0.25) is 0 Å². The minimum absolute atomic E-state index is 0.163. The van der Waals surface area contributed by atoms with E-state index in [1.54, 1.807) is 11.1 Å². The third kappa shape index (κ3) is 3.56. The van der Waals surface area contributed by atoms with Crippen molar-refractivity contribution in [2.24, 2.45) is 0 Å². The molecule has 1 aromatic rings. The molecule has 2 heterocycles. The van der Waals surface area contributed by atoms with Crippen LogP contribution in [0.4, 0.5) is 5.69 Å². The number of aryl methyl sites for hydroxylation is 1. The molecular formula is C19H23N3O. The van der Waals surface area contributed by atoms with Gasteiger partial charge >= 0.3 is 0 Å². The molecule has 23 heavy (non-hydrogen) atoms. The van der Waals surface area contributed by atoms with Crippen molar-refractivity contribution in [3.63, 3.8) is 0 Å². The lowest BCUT2D eigenvalue weighted by Gasteiger charge is -2.29. The maximum absolute atomic E-state index is 12.9. The Kier molecular flexibility index (Phi) is 4.97. The van der Waals surface area contributed by atoms with Crippen molar-refractivity contribution in [3.8, 4) is 6.07 Å². The number of benzene rings is 1. The Morgan fingerprint density at radius 3 is 2.52 bits per heavy atom. The molecule has 0 bridgehead atoms. The van der Waals surface area contributed by atoms with Crippen molar-refractivity contribution in [3.05, 3.63) is 41.6 Å². The molecular weight excluding hydrogens is 286 g/mol. The molecule has 0 aromatic heterocycles. The van der Waals surface area contributed by atoms with Gasteiger partial charge < -0.3 is 9.80 Å². The largest absolute Gasteiger partial charge is 0.376 e. The van der Waals surface area contributed by atoms with Crippen LogP contribution in [0, 0.1) is 11.3 Å². The van der Waals surface area contributed by atoms with Crippen molar-refractivity contribution in [1.29, 1.82) is 5.26 Å². The molecule has 3 rings (SSSR count). The fourth-order valence-corrected chi connectivity index (χ4v) is 3.43. The summed E-state index contributed by atoms with van der Waals surface area (Å²) >= 11 is 0. The zero-order valence-electron chi connectivity index (χ0n) is 13.5. The number of rotatable bonds is 2. The topological polar surface area (TPSA) is 47.3 Å². The molecule has 4 nitrogen and oxygen atoms in total. The van der Waals surface area contributed by atoms with Gasteiger partial charge in [-0.15, -0.1) is 0 Å². The standard InChI is InChI=1S/C19H23N3O/c20-14-17(15-21-11-5-1-2-6-12-21)19(23)22-13-7-9-16-8-3-4-10-18(16)22/h3-4,8,10,15H,1-2,5-7,9,11-13H2/b17-15-. The first-order valence-corrected chi connectivity index (χ1v) is 8.55. The lowest BCUT2D eigenvalue weighted by Crippen LogP contribution is -2.36. The third-order valence-electron chi connectivity index (χ3n) is 4.66. The molecule has 0 atom stereocenters. The number of para-hydroxylation sites is 1. The number of hydrogen-bond donors (Lipinski definition) is 0. The van der Waals surface area contributed by atoms with E-state index in [-0.39, 0.29) is 11.5 Å². The van der Waals surface area contributed by atoms with Gasteiger partial charge in [-0.2, -0.15) is 5.26 Å². The first kappa shape index (κ1) is 15.6. The molecule has 1 fully saturated rings. The second-order valence-electron chi connectivity index (χ2n) is 6.29. The SMILES string of the molecule is N#C/C(=C/N1CCCCCC1)C(=O)N1CCCc2ccccc21. The molecule has 0 saturated carbocycles. The van der Waals surface area contributed by atoms with Gasteiger partial charge in [0.25, 0.3) is 5.91 Å². The molecule has 1 saturated heterocycles. The van der Waals surface area contributed by atoms with Crippen LogP contribution in [-0.2, 0) is 11.2 Å². The highest BCUT2D eigenvalue weighted by molar-refractivity contribution is 6.08. The number of nitrogens with zero attached hydrogens (tertiary/aromatic N) is 3. The molecule has 0 N–H and O–H groups in total. The molecule has 0 aliphatic carbocycles. The number of amides is 1. The van der Waals surface area contributed by atoms with Crippen LogP contribution in [0.1, 0.15) is 37.7 Å². The van der Waals surface area contributed by atoms with Gasteiger partial charge in [0.2, 0.25) is 0 Å². The van der Waals surface area contributed by atoms with E-state index in [2.05, 4.69) is 17.0 Å². The summed E-state index contributed by atoms with van der Waals surface area (Å²) in [7, 11) is 0. The predicted molar refractivity (Wildman–Crippen MR) is 90.9 cm³/mol. The van der Waals surface area contributed by atoms with Crippen molar-refractivity contribution in [2.75, 3.05) is 24.5 Å². The van der Waals surface area contributed by atoms with Crippen LogP contribution < -0.4 is 4.90 Å². The normalized spacial score (nSPS) is 18.8. The van der Waals surface area contributed by atoms with E-state index < -0.39 is 0 Å². The summed E-state index contributed by atoms with van der Waals surface area (Å²) in [5, 5.41) is 9.48. The summed E-state index contributed by atoms with van der Waals surface area (Å²) in [6, 6.07) is 10.1. The highest BCUT2D eigenvalue weighted by Crippen LogP contribution is 2.28. The lowest BCUT2D eigenvalue weighted by atomic mass is 10.0. The Balaban J connectivity index is 1.82. The van der Waals surface area contributed by atoms with E-state index in [1.165, 1.54) is 18.4 Å². The van der Waals surface area contributed by atoms with Gasteiger partial charge in [0.1, 0.15) is 11.6 Å². The second kappa shape index (κ2) is 7.32. The monoisotopic (exact) mass is 309 g/mol. The van der Waals surface area contributed by atoms with E-state index >= 15 is 0 Å². The summed E-state index contributed by atoms with van der Waals surface area (Å²) in [5.74, 6) is -0.163. The van der Waals surface area contributed by atoms with E-state index in [4.69, 9.17) is 0 Å². The van der Waals surface area contributed by atoms with Gasteiger partial charge in [0.15, 0.2) is 0 Å². The van der Waals surface area contributed by atoms with Crippen LogP contribution in [-0.4, -0.2) is 30.4 Å². The summed E-state index contributed by atoms with van der Waals surface area (Å²) in [5.41, 5.74) is 2.41. The number of fused-ring (bicyclic) bond motifs is 1. The average molecular weight is 309 g/mol. The van der Waals surface area contributed by atoms with Crippen molar-refractivity contribution >= 4 is 11.6 Å². The number of anilines is 1. The van der Waals surface area contributed by atoms with Crippen molar-refractivity contribution < 1.29 is 4.79 Å². The summed E-state index contributed by atoms with van der Waals surface area (Å²) in [6.07, 6.45) is 8.47. The molecule has 2 aliphatic heterocycles. The van der Waals surface area contributed by atoms with E-state index in [0.29, 0.717) is 6.54 Å². The molecule has 0 unspecified atom stereocenters. The summed E-state index contributed by atoms with van der Waals surface area (Å²) < 4.78 is 0. The molecule has 1 amide bonds. The van der Waals surface area contributed by atoms with E-state index in [0.717, 1.165) is 44.5 Å². The molecule has 0 radical (unpaired) electrons. The van der Waals surface area contributed by atoms with Crippen molar-refractivity contribution in [2.45, 2.75) is 38.5 Å². The molecule has 120 valence electrons. The number of hydrogen-bond acceptors (Lipinski definition) is 3. The van der Waals surface area contributed by atoms with Gasteiger partial charge in [0, 0.05) is 31.5 Å². The Morgan fingerprint density at radius 1 is 1.04 bits per heavy atom. The van der Waals surface area contributed by atoms with Gasteiger partial charge in [-0.3, -0.25) is 4.79 Å². The summed E-state index contributed by atoms with van der Waals surface area (Å²) in [4.78, 5) is 16.8. The second-order valence-corrected chi connectivity index (χ2v) is 6.29. The first-order chi connectivity index (χ1) is 11.3. The molecule has 0 spiro atoms. The number of carbonyl (C=O) groups excluding carboxylic acids is 1. The Morgan fingerprint density at radius 2 is 1.78 bits per heavy atom. The van der Waals surface area contributed by atoms with Gasteiger partial charge in [-0.25, -0.2) is 0 Å². The summed E-state index contributed by atoms with van der Waals surface area (Å²) in [6.45, 7) is 2.57. The highest BCUT2D eigenvalue weighted by atomic mass is 16.2. The minimum Gasteiger partial charge on any atom is -0.376 e. The maximum atomic E-state index is 12.9. The van der Waals surface area contributed by atoms with Crippen LogP contribution in [0.25, 0.3) is 0 Å². The van der Waals surface area contributed by atoms with Crippen LogP contribution in [0.15, 0.2) is 36.0 Å². The Labute approximate surface area is 138 Å². The smallest absolute Gasteiger partial charge is 0.270 e. The van der Waals surface area contributed by atoms with E-state index in [1.807, 2.05) is 18.2 Å². The first-order valence-electron chi connectivity index (χ1n) is 8.55. The lowest BCUT2D eigenvalue weighted by molar-refractivity contribution is -0.114. The number of carbonyl (C=O) groups is 1. The predicted octanol–water partition coefficient (Wildman–Crippen LogP) is 3.25. The fourth-order valence-electron chi connectivity index (χ4n) is 3.43. The minimum atomic E-state index is -0.163. The Hall–Kier alpha value is -2.28. The van der Waals surface area contributed by atoms with E-state index in [9.17, 15) is 10.1 Å². The quantitative estimate of drug-likeness (QED) is 0.622. The zero-order chi connectivity index (χ0) is 16.1. The zero-order valence-corrected chi connectivity index (χ0v) is 13.5. The van der Waals surface area contributed by atoms with Crippen LogP contribution >= 0.6 is 0 Å². The third-order valence-corrected chi connectivity index (χ3v) is 4.66. The van der Waals surface area contributed by atoms with Gasteiger partial charge in [0.05, 0.1) is 0 Å². The van der Waals surface area contributed by atoms with Crippen LogP contribution in [0.3, 0.4) is 0 Å². The highest BCUT2D eigenvalue weighted by Gasteiger charge is 2.25.